The molecule has 0 aliphatic rings. The van der Waals surface area contributed by atoms with Crippen LogP contribution >= 0.6 is 0 Å². The van der Waals surface area contributed by atoms with Gasteiger partial charge in [0, 0.05) is 0 Å². The van der Waals surface area contributed by atoms with Crippen LogP contribution in [0.15, 0.2) is 0 Å². The summed E-state index contributed by atoms with van der Waals surface area (Å²) in [6.45, 7) is 5.52. The Morgan fingerprint density at radius 2 is 2.18 bits per heavy atom. The van der Waals surface area contributed by atoms with Crippen molar-refractivity contribution >= 4 is 5.97 Å². The number of ether oxygens (including phenoxy) is 1. The topological polar surface area (TPSA) is 50.1 Å². The molecule has 0 amide bonds. The Morgan fingerprint density at radius 3 is 2.55 bits per heavy atom. The maximum Gasteiger partial charge on any atom is 0.312 e. The van der Waals surface area contributed by atoms with E-state index in [1.54, 1.807) is 20.8 Å². The third kappa shape index (κ3) is 3.03. The van der Waals surface area contributed by atoms with E-state index in [9.17, 15) is 4.79 Å². The van der Waals surface area contributed by atoms with Gasteiger partial charge in [-0.05, 0) is 20.8 Å². The molecule has 0 rings (SSSR count). The SMILES string of the molecule is CCOC(=O)C(C)(C)CC#N. The Hall–Kier alpha value is -1.04. The monoisotopic (exact) mass is 155 g/mol. The molecule has 0 aromatic carbocycles. The molecule has 0 aromatic rings. The van der Waals surface area contributed by atoms with E-state index < -0.39 is 5.41 Å². The highest BCUT2D eigenvalue weighted by Gasteiger charge is 2.28. The van der Waals surface area contributed by atoms with E-state index >= 15 is 0 Å². The van der Waals surface area contributed by atoms with Crippen molar-refractivity contribution in [1.82, 2.24) is 0 Å². The van der Waals surface area contributed by atoms with Crippen molar-refractivity contribution in [2.24, 2.45) is 5.41 Å². The minimum absolute atomic E-state index is 0.200. The Morgan fingerprint density at radius 1 is 1.64 bits per heavy atom. The molecule has 0 fully saturated rings. The zero-order chi connectivity index (χ0) is 8.91. The third-order valence-electron chi connectivity index (χ3n) is 1.35. The van der Waals surface area contributed by atoms with E-state index in [1.165, 1.54) is 0 Å². The molecule has 62 valence electrons. The molecule has 0 N–H and O–H groups in total. The quantitative estimate of drug-likeness (QED) is 0.580. The molecule has 11 heavy (non-hydrogen) atoms. The summed E-state index contributed by atoms with van der Waals surface area (Å²) in [7, 11) is 0. The first-order valence-electron chi connectivity index (χ1n) is 3.58. The number of rotatable bonds is 3. The highest BCUT2D eigenvalue weighted by Crippen LogP contribution is 2.20. The maximum absolute atomic E-state index is 11.1. The molecule has 0 aliphatic carbocycles. The van der Waals surface area contributed by atoms with Crippen LogP contribution in [-0.2, 0) is 9.53 Å². The van der Waals surface area contributed by atoms with Gasteiger partial charge in [-0.15, -0.1) is 0 Å². The van der Waals surface area contributed by atoms with Crippen molar-refractivity contribution in [1.29, 1.82) is 5.26 Å². The Kier molecular flexibility index (Phi) is 3.59. The molecule has 0 heterocycles. The lowest BCUT2D eigenvalue weighted by Gasteiger charge is -2.17. The Labute approximate surface area is 67.0 Å². The standard InChI is InChI=1S/C8H13NO2/c1-4-11-7(10)8(2,3)5-6-9/h4-5H2,1-3H3. The number of hydrogen-bond donors (Lipinski definition) is 0. The summed E-state index contributed by atoms with van der Waals surface area (Å²) in [5.74, 6) is -0.304. The van der Waals surface area contributed by atoms with Crippen LogP contribution in [0.25, 0.3) is 0 Å². The van der Waals surface area contributed by atoms with E-state index in [4.69, 9.17) is 10.00 Å². The summed E-state index contributed by atoms with van der Waals surface area (Å²) in [5.41, 5.74) is -0.662. The molecule has 0 aromatic heterocycles. The first-order valence-corrected chi connectivity index (χ1v) is 3.58. The predicted molar refractivity (Wildman–Crippen MR) is 40.6 cm³/mol. The first-order chi connectivity index (χ1) is 5.04. The van der Waals surface area contributed by atoms with Crippen molar-refractivity contribution < 1.29 is 9.53 Å². The van der Waals surface area contributed by atoms with Crippen LogP contribution in [0.2, 0.25) is 0 Å². The first kappa shape index (κ1) is 9.96. The summed E-state index contributed by atoms with van der Waals surface area (Å²) >= 11 is 0. The van der Waals surface area contributed by atoms with Crippen molar-refractivity contribution in [2.75, 3.05) is 6.61 Å². The van der Waals surface area contributed by atoms with E-state index in [1.807, 2.05) is 6.07 Å². The number of carbonyl (C=O) groups excluding carboxylic acids is 1. The summed E-state index contributed by atoms with van der Waals surface area (Å²) in [6.07, 6.45) is 0.200. The van der Waals surface area contributed by atoms with Crippen LogP contribution < -0.4 is 0 Å². The molecule has 0 aliphatic heterocycles. The van der Waals surface area contributed by atoms with Crippen LogP contribution in [-0.4, -0.2) is 12.6 Å². The summed E-state index contributed by atoms with van der Waals surface area (Å²) < 4.78 is 4.77. The molecule has 0 saturated carbocycles. The average Bonchev–Trinajstić information content (AvgIpc) is 1.88. The molecular formula is C8H13NO2. The summed E-state index contributed by atoms with van der Waals surface area (Å²) in [4.78, 5) is 11.1. The third-order valence-corrected chi connectivity index (χ3v) is 1.35. The second-order valence-corrected chi connectivity index (χ2v) is 2.94. The second-order valence-electron chi connectivity index (χ2n) is 2.94. The van der Waals surface area contributed by atoms with Crippen LogP contribution in [0, 0.1) is 16.7 Å². The van der Waals surface area contributed by atoms with Crippen LogP contribution in [0.4, 0.5) is 0 Å². The largest absolute Gasteiger partial charge is 0.466 e. The fourth-order valence-corrected chi connectivity index (χ4v) is 0.596. The van der Waals surface area contributed by atoms with E-state index in [0.717, 1.165) is 0 Å². The summed E-state index contributed by atoms with van der Waals surface area (Å²) in [6, 6.07) is 1.95. The van der Waals surface area contributed by atoms with E-state index in [0.29, 0.717) is 6.61 Å². The van der Waals surface area contributed by atoms with Gasteiger partial charge in [-0.1, -0.05) is 0 Å². The fraction of sp³-hybridized carbons (Fsp3) is 0.750. The van der Waals surface area contributed by atoms with Gasteiger partial charge >= 0.3 is 5.97 Å². The van der Waals surface area contributed by atoms with Crippen molar-refractivity contribution in [3.8, 4) is 6.07 Å². The molecule has 3 nitrogen and oxygen atoms in total. The molecule has 0 bridgehead atoms. The molecule has 0 atom stereocenters. The molecule has 3 heteroatoms. The van der Waals surface area contributed by atoms with Crippen molar-refractivity contribution in [3.05, 3.63) is 0 Å². The van der Waals surface area contributed by atoms with Crippen LogP contribution in [0.3, 0.4) is 0 Å². The molecular weight excluding hydrogens is 142 g/mol. The van der Waals surface area contributed by atoms with Gasteiger partial charge in [-0.25, -0.2) is 0 Å². The number of carbonyl (C=O) groups is 1. The second kappa shape index (κ2) is 3.97. The normalized spacial score (nSPS) is 10.4. The smallest absolute Gasteiger partial charge is 0.312 e. The van der Waals surface area contributed by atoms with Crippen molar-refractivity contribution in [2.45, 2.75) is 27.2 Å². The lowest BCUT2D eigenvalue weighted by Crippen LogP contribution is -2.25. The van der Waals surface area contributed by atoms with Gasteiger partial charge in [0.2, 0.25) is 0 Å². The van der Waals surface area contributed by atoms with Crippen molar-refractivity contribution in [3.63, 3.8) is 0 Å². The lowest BCUT2D eigenvalue weighted by atomic mass is 9.90. The van der Waals surface area contributed by atoms with Crippen LogP contribution in [0.5, 0.6) is 0 Å². The molecule has 0 radical (unpaired) electrons. The Balaban J connectivity index is 4.08. The maximum atomic E-state index is 11.1. The minimum atomic E-state index is -0.662. The van der Waals surface area contributed by atoms with Gasteiger partial charge in [-0.2, -0.15) is 5.26 Å². The highest BCUT2D eigenvalue weighted by atomic mass is 16.5. The zero-order valence-electron chi connectivity index (χ0n) is 7.18. The minimum Gasteiger partial charge on any atom is -0.466 e. The fourth-order valence-electron chi connectivity index (χ4n) is 0.596. The van der Waals surface area contributed by atoms with Gasteiger partial charge in [0.05, 0.1) is 24.5 Å². The zero-order valence-corrected chi connectivity index (χ0v) is 7.18. The molecule has 0 saturated heterocycles. The van der Waals surface area contributed by atoms with E-state index in [-0.39, 0.29) is 12.4 Å². The van der Waals surface area contributed by atoms with Gasteiger partial charge < -0.3 is 4.74 Å². The highest BCUT2D eigenvalue weighted by molar-refractivity contribution is 5.76. The number of hydrogen-bond acceptors (Lipinski definition) is 3. The average molecular weight is 155 g/mol. The lowest BCUT2D eigenvalue weighted by molar-refractivity contribution is -0.153. The molecule has 0 spiro atoms. The van der Waals surface area contributed by atoms with Crippen LogP contribution in [0.1, 0.15) is 27.2 Å². The number of nitrogens with zero attached hydrogens (tertiary/aromatic N) is 1. The number of nitriles is 1. The summed E-state index contributed by atoms with van der Waals surface area (Å²) in [5, 5.41) is 8.36. The number of esters is 1. The van der Waals surface area contributed by atoms with Gasteiger partial charge in [0.25, 0.3) is 0 Å². The van der Waals surface area contributed by atoms with Gasteiger partial charge in [0.1, 0.15) is 0 Å². The predicted octanol–water partition coefficient (Wildman–Crippen LogP) is 1.49. The Bertz CT molecular complexity index is 179. The van der Waals surface area contributed by atoms with Gasteiger partial charge in [0.15, 0.2) is 0 Å². The molecule has 0 unspecified atom stereocenters. The van der Waals surface area contributed by atoms with E-state index in [2.05, 4.69) is 0 Å². The van der Waals surface area contributed by atoms with Gasteiger partial charge in [-0.3, -0.25) is 4.79 Å².